The summed E-state index contributed by atoms with van der Waals surface area (Å²) in [5.41, 5.74) is 4.23. The summed E-state index contributed by atoms with van der Waals surface area (Å²) in [6, 6.07) is 4.14. The van der Waals surface area contributed by atoms with Crippen LogP contribution in [0.1, 0.15) is 67.2 Å². The Kier molecular flexibility index (Phi) is 4.91. The van der Waals surface area contributed by atoms with Crippen molar-refractivity contribution in [1.82, 2.24) is 0 Å². The van der Waals surface area contributed by atoms with Gasteiger partial charge in [-0.1, -0.05) is 24.6 Å². The molecule has 0 bridgehead atoms. The Morgan fingerprint density at radius 1 is 1.04 bits per heavy atom. The van der Waals surface area contributed by atoms with Gasteiger partial charge >= 0.3 is 0 Å². The van der Waals surface area contributed by atoms with Crippen LogP contribution in [-0.4, -0.2) is 23.8 Å². The van der Waals surface area contributed by atoms with Crippen LogP contribution >= 0.6 is 0 Å². The third kappa shape index (κ3) is 3.19. The molecule has 2 fully saturated rings. The van der Waals surface area contributed by atoms with Crippen molar-refractivity contribution in [2.24, 2.45) is 5.92 Å². The number of hydrogen-bond acceptors (Lipinski definition) is 3. The van der Waals surface area contributed by atoms with Gasteiger partial charge in [0.15, 0.2) is 5.78 Å². The van der Waals surface area contributed by atoms with Crippen LogP contribution < -0.4 is 0 Å². The molecule has 1 aromatic rings. The molecule has 1 saturated heterocycles. The van der Waals surface area contributed by atoms with E-state index < -0.39 is 5.92 Å². The first-order valence-electron chi connectivity index (χ1n) is 9.20. The lowest BCUT2D eigenvalue weighted by atomic mass is 9.86. The molecule has 0 amide bonds. The van der Waals surface area contributed by atoms with Gasteiger partial charge in [0.25, 0.3) is 0 Å². The van der Waals surface area contributed by atoms with E-state index in [0.717, 1.165) is 36.0 Å². The zero-order valence-electron chi connectivity index (χ0n) is 15.2. The maximum Gasteiger partial charge on any atom is 0.151 e. The molecule has 24 heavy (non-hydrogen) atoms. The van der Waals surface area contributed by atoms with E-state index in [-0.39, 0.29) is 23.6 Å². The molecule has 1 aromatic carbocycles. The average molecular weight is 328 g/mol. The van der Waals surface area contributed by atoms with Crippen LogP contribution in [0.5, 0.6) is 0 Å². The highest BCUT2D eigenvalue weighted by atomic mass is 16.5. The van der Waals surface area contributed by atoms with Gasteiger partial charge in [-0.3, -0.25) is 9.59 Å². The van der Waals surface area contributed by atoms with Crippen LogP contribution in [0.4, 0.5) is 0 Å². The van der Waals surface area contributed by atoms with Gasteiger partial charge in [0.2, 0.25) is 0 Å². The van der Waals surface area contributed by atoms with Gasteiger partial charge in [0.05, 0.1) is 12.2 Å². The van der Waals surface area contributed by atoms with Gasteiger partial charge in [-0.15, -0.1) is 0 Å². The lowest BCUT2D eigenvalue weighted by Gasteiger charge is -2.18. The second-order valence-corrected chi connectivity index (χ2v) is 7.62. The molecule has 3 nitrogen and oxygen atoms in total. The largest absolute Gasteiger partial charge is 0.375 e. The maximum absolute atomic E-state index is 13.0. The Hall–Kier alpha value is -1.48. The van der Waals surface area contributed by atoms with Gasteiger partial charge in [-0.05, 0) is 63.1 Å². The second-order valence-electron chi connectivity index (χ2n) is 7.62. The number of carbonyl (C=O) groups excluding carboxylic acids is 2. The van der Waals surface area contributed by atoms with E-state index in [2.05, 4.69) is 19.1 Å². The molecular weight excluding hydrogens is 300 g/mol. The van der Waals surface area contributed by atoms with Crippen LogP contribution in [0.15, 0.2) is 12.1 Å². The Morgan fingerprint density at radius 2 is 1.67 bits per heavy atom. The van der Waals surface area contributed by atoms with Crippen LogP contribution in [-0.2, 0) is 14.3 Å². The number of Topliss-reactive ketones (excluding diaryl/α,β-unsaturated/α-hetero) is 2. The van der Waals surface area contributed by atoms with E-state index in [0.29, 0.717) is 18.9 Å². The maximum atomic E-state index is 13.0. The molecule has 0 radical (unpaired) electrons. The first kappa shape index (κ1) is 17.3. The molecule has 3 rings (SSSR count). The molecule has 3 heteroatoms. The van der Waals surface area contributed by atoms with Crippen LogP contribution in [0.25, 0.3) is 0 Å². The van der Waals surface area contributed by atoms with Crippen molar-refractivity contribution >= 4 is 11.6 Å². The summed E-state index contributed by atoms with van der Waals surface area (Å²) < 4.78 is 6.00. The molecular formula is C21H28O3. The fourth-order valence-electron chi connectivity index (χ4n) is 4.58. The normalized spacial score (nSPS) is 30.3. The molecule has 4 unspecified atom stereocenters. The van der Waals surface area contributed by atoms with Gasteiger partial charge in [0, 0.05) is 12.3 Å². The highest BCUT2D eigenvalue weighted by Gasteiger charge is 2.44. The van der Waals surface area contributed by atoms with Crippen molar-refractivity contribution in [3.63, 3.8) is 0 Å². The molecule has 1 aliphatic carbocycles. The number of ether oxygens (including phenoxy) is 1. The zero-order chi connectivity index (χ0) is 17.4. The molecule has 2 aliphatic rings. The summed E-state index contributed by atoms with van der Waals surface area (Å²) in [7, 11) is 0. The van der Waals surface area contributed by atoms with Crippen LogP contribution in [0.3, 0.4) is 0 Å². The van der Waals surface area contributed by atoms with E-state index >= 15 is 0 Å². The standard InChI is InChI=1S/C21H28O3/c1-5-16-6-7-17(24-16)10-15-11-18(22)20(21(15)23)19-13(3)8-12(2)9-14(19)4/h8-9,15-17,20H,5-7,10-11H2,1-4H3. The summed E-state index contributed by atoms with van der Waals surface area (Å²) in [6.45, 7) is 8.20. The van der Waals surface area contributed by atoms with E-state index in [1.807, 2.05) is 20.8 Å². The van der Waals surface area contributed by atoms with E-state index in [1.165, 1.54) is 5.56 Å². The van der Waals surface area contributed by atoms with Crippen molar-refractivity contribution < 1.29 is 14.3 Å². The number of carbonyl (C=O) groups is 2. The predicted octanol–water partition coefficient (Wildman–Crippen LogP) is 4.20. The van der Waals surface area contributed by atoms with E-state index in [4.69, 9.17) is 4.74 Å². The number of hydrogen-bond donors (Lipinski definition) is 0. The Morgan fingerprint density at radius 3 is 2.25 bits per heavy atom. The van der Waals surface area contributed by atoms with Gasteiger partial charge < -0.3 is 4.74 Å². The molecule has 1 aliphatic heterocycles. The smallest absolute Gasteiger partial charge is 0.151 e. The molecule has 0 spiro atoms. The van der Waals surface area contributed by atoms with Gasteiger partial charge in [-0.25, -0.2) is 0 Å². The minimum atomic E-state index is -0.557. The van der Waals surface area contributed by atoms with Crippen molar-refractivity contribution in [3.05, 3.63) is 34.4 Å². The second kappa shape index (κ2) is 6.79. The number of benzene rings is 1. The van der Waals surface area contributed by atoms with Crippen LogP contribution in [0.2, 0.25) is 0 Å². The fourth-order valence-corrected chi connectivity index (χ4v) is 4.58. The molecule has 0 aromatic heterocycles. The van der Waals surface area contributed by atoms with Gasteiger partial charge in [-0.2, -0.15) is 0 Å². The first-order chi connectivity index (χ1) is 11.4. The monoisotopic (exact) mass is 328 g/mol. The molecule has 1 heterocycles. The number of ketones is 2. The SMILES string of the molecule is CCC1CCC(CC2CC(=O)C(c3c(C)cc(C)cc3C)C2=O)O1. The lowest BCUT2D eigenvalue weighted by molar-refractivity contribution is -0.125. The zero-order valence-corrected chi connectivity index (χ0v) is 15.2. The summed E-state index contributed by atoms with van der Waals surface area (Å²) in [6.07, 6.45) is 4.70. The topological polar surface area (TPSA) is 43.4 Å². The van der Waals surface area contributed by atoms with Crippen molar-refractivity contribution in [3.8, 4) is 0 Å². The fraction of sp³-hybridized carbons (Fsp3) is 0.619. The summed E-state index contributed by atoms with van der Waals surface area (Å²) in [4.78, 5) is 25.6. The van der Waals surface area contributed by atoms with Crippen LogP contribution in [0, 0.1) is 26.7 Å². The quantitative estimate of drug-likeness (QED) is 0.778. The molecule has 4 atom stereocenters. The number of aryl methyl sites for hydroxylation is 3. The lowest BCUT2D eigenvalue weighted by Crippen LogP contribution is -2.21. The van der Waals surface area contributed by atoms with Crippen molar-refractivity contribution in [2.45, 2.75) is 77.9 Å². The molecule has 1 saturated carbocycles. The minimum absolute atomic E-state index is 0.0880. The predicted molar refractivity (Wildman–Crippen MR) is 94.3 cm³/mol. The van der Waals surface area contributed by atoms with E-state index in [1.54, 1.807) is 0 Å². The van der Waals surface area contributed by atoms with E-state index in [9.17, 15) is 9.59 Å². The van der Waals surface area contributed by atoms with Crippen molar-refractivity contribution in [2.75, 3.05) is 0 Å². The average Bonchev–Trinajstić information content (AvgIpc) is 3.06. The molecule has 0 N–H and O–H groups in total. The minimum Gasteiger partial charge on any atom is -0.375 e. The summed E-state index contributed by atoms with van der Waals surface area (Å²) in [5.74, 6) is -0.522. The summed E-state index contributed by atoms with van der Waals surface area (Å²) >= 11 is 0. The Balaban J connectivity index is 1.78. The Labute approximate surface area is 144 Å². The Bertz CT molecular complexity index is 638. The highest BCUT2D eigenvalue weighted by molar-refractivity contribution is 6.15. The first-order valence-corrected chi connectivity index (χ1v) is 9.20. The summed E-state index contributed by atoms with van der Waals surface area (Å²) in [5, 5.41) is 0. The molecule has 130 valence electrons. The van der Waals surface area contributed by atoms with Crippen molar-refractivity contribution in [1.29, 1.82) is 0 Å². The highest BCUT2D eigenvalue weighted by Crippen LogP contribution is 2.39. The number of rotatable bonds is 4. The third-order valence-electron chi connectivity index (χ3n) is 5.68. The van der Waals surface area contributed by atoms with Gasteiger partial charge in [0.1, 0.15) is 11.7 Å². The third-order valence-corrected chi connectivity index (χ3v) is 5.68.